The standard InChI is InChI=1S/C20H25ClN6OS/c1-6-7-17(28)15(8-12(2)22)20-25-13(3)18(26-20)19-16(21)9-14(29-19)10-23-11-24-27(4)5/h8-11,22H,6-7H2,1-5H3,(H,25,26)/b15-8-,22-12?,23-10?,24-11-. The van der Waals surface area contributed by atoms with Gasteiger partial charge in [-0.2, -0.15) is 5.10 Å². The van der Waals surface area contributed by atoms with Gasteiger partial charge in [0, 0.05) is 43.0 Å². The zero-order valence-electron chi connectivity index (χ0n) is 17.2. The van der Waals surface area contributed by atoms with Gasteiger partial charge in [0.05, 0.1) is 15.5 Å². The van der Waals surface area contributed by atoms with Crippen molar-refractivity contribution in [2.75, 3.05) is 14.1 Å². The predicted octanol–water partition coefficient (Wildman–Crippen LogP) is 4.82. The molecule has 29 heavy (non-hydrogen) atoms. The lowest BCUT2D eigenvalue weighted by atomic mass is 10.1. The molecular formula is C20H25ClN6OS. The molecule has 0 radical (unpaired) electrons. The molecule has 2 rings (SSSR count). The van der Waals surface area contributed by atoms with E-state index >= 15 is 0 Å². The van der Waals surface area contributed by atoms with E-state index in [4.69, 9.17) is 17.0 Å². The fourth-order valence-corrected chi connectivity index (χ4v) is 3.89. The van der Waals surface area contributed by atoms with Crippen molar-refractivity contribution in [3.05, 3.63) is 33.6 Å². The summed E-state index contributed by atoms with van der Waals surface area (Å²) in [6.45, 7) is 5.47. The first-order valence-corrected chi connectivity index (χ1v) is 10.3. The number of nitrogens with zero attached hydrogens (tertiary/aromatic N) is 4. The van der Waals surface area contributed by atoms with E-state index in [9.17, 15) is 4.79 Å². The second-order valence-corrected chi connectivity index (χ2v) is 8.15. The van der Waals surface area contributed by atoms with E-state index in [0.29, 0.717) is 34.2 Å². The van der Waals surface area contributed by atoms with Crippen LogP contribution in [-0.4, -0.2) is 53.1 Å². The molecule has 0 bridgehead atoms. The lowest BCUT2D eigenvalue weighted by Crippen LogP contribution is -2.05. The molecule has 7 nitrogen and oxygen atoms in total. The number of H-pyrrole nitrogens is 1. The summed E-state index contributed by atoms with van der Waals surface area (Å²) in [5, 5.41) is 14.0. The molecule has 9 heteroatoms. The quantitative estimate of drug-likeness (QED) is 0.257. The third-order valence-corrected chi connectivity index (χ3v) is 5.24. The van der Waals surface area contributed by atoms with Crippen molar-refractivity contribution in [2.45, 2.75) is 33.6 Å². The molecule has 0 saturated heterocycles. The zero-order chi connectivity index (χ0) is 21.6. The minimum absolute atomic E-state index is 0.0373. The largest absolute Gasteiger partial charge is 0.341 e. The number of aryl methyl sites for hydroxylation is 1. The van der Waals surface area contributed by atoms with E-state index in [1.807, 2.05) is 34.0 Å². The monoisotopic (exact) mass is 432 g/mol. The van der Waals surface area contributed by atoms with Gasteiger partial charge in [-0.15, -0.1) is 11.3 Å². The average molecular weight is 433 g/mol. The van der Waals surface area contributed by atoms with E-state index in [1.54, 1.807) is 24.2 Å². The number of hydrogen-bond donors (Lipinski definition) is 2. The van der Waals surface area contributed by atoms with Gasteiger partial charge in [0.15, 0.2) is 5.78 Å². The van der Waals surface area contributed by atoms with Gasteiger partial charge in [0.25, 0.3) is 0 Å². The summed E-state index contributed by atoms with van der Waals surface area (Å²) in [6.07, 6.45) is 5.84. The molecule has 2 heterocycles. The number of allylic oxidation sites excluding steroid dienone is 2. The Morgan fingerprint density at radius 3 is 2.79 bits per heavy atom. The maximum atomic E-state index is 12.5. The summed E-state index contributed by atoms with van der Waals surface area (Å²) >= 11 is 7.90. The van der Waals surface area contributed by atoms with Crippen LogP contribution in [0, 0.1) is 12.3 Å². The highest BCUT2D eigenvalue weighted by molar-refractivity contribution is 7.17. The molecule has 0 atom stereocenters. The van der Waals surface area contributed by atoms with Crippen LogP contribution >= 0.6 is 22.9 Å². The summed E-state index contributed by atoms with van der Waals surface area (Å²) in [6, 6.07) is 1.82. The minimum Gasteiger partial charge on any atom is -0.341 e. The number of nitrogens with one attached hydrogen (secondary N) is 2. The van der Waals surface area contributed by atoms with E-state index in [-0.39, 0.29) is 5.78 Å². The summed E-state index contributed by atoms with van der Waals surface area (Å²) in [4.78, 5) is 26.2. The molecule has 2 aromatic heterocycles. The van der Waals surface area contributed by atoms with Gasteiger partial charge in [-0.1, -0.05) is 18.5 Å². The van der Waals surface area contributed by atoms with Gasteiger partial charge < -0.3 is 15.4 Å². The summed E-state index contributed by atoms with van der Waals surface area (Å²) in [5.74, 6) is 0.421. The molecular weight excluding hydrogens is 408 g/mol. The number of halogens is 1. The first-order valence-electron chi connectivity index (χ1n) is 9.12. The van der Waals surface area contributed by atoms with E-state index in [2.05, 4.69) is 20.1 Å². The van der Waals surface area contributed by atoms with Crippen LogP contribution in [0.5, 0.6) is 0 Å². The van der Waals surface area contributed by atoms with Crippen LogP contribution in [-0.2, 0) is 4.79 Å². The van der Waals surface area contributed by atoms with Gasteiger partial charge in [-0.3, -0.25) is 4.79 Å². The van der Waals surface area contributed by atoms with Crippen LogP contribution < -0.4 is 0 Å². The van der Waals surface area contributed by atoms with Crippen molar-refractivity contribution in [2.24, 2.45) is 10.1 Å². The topological polar surface area (TPSA) is 97.6 Å². The Morgan fingerprint density at radius 2 is 2.17 bits per heavy atom. The average Bonchev–Trinajstić information content (AvgIpc) is 3.18. The Balaban J connectivity index is 2.39. The number of ketones is 1. The number of carbonyl (C=O) groups excluding carboxylic acids is 1. The van der Waals surface area contributed by atoms with Crippen LogP contribution in [0.15, 0.2) is 22.2 Å². The van der Waals surface area contributed by atoms with Crippen molar-refractivity contribution in [3.8, 4) is 10.6 Å². The van der Waals surface area contributed by atoms with Gasteiger partial charge in [-0.25, -0.2) is 9.98 Å². The highest BCUT2D eigenvalue weighted by atomic mass is 35.5. The molecule has 0 aliphatic carbocycles. The fraction of sp³-hybridized carbons (Fsp3) is 0.350. The Morgan fingerprint density at radius 1 is 1.45 bits per heavy atom. The number of aliphatic imine (C=N–C) groups is 1. The first-order chi connectivity index (χ1) is 13.7. The SMILES string of the molecule is CCCC(=O)/C(=C/C(C)=N)c1nc(-c2sc(C=N/C=N\N(C)C)cc2Cl)c(C)[nH]1. The number of carbonyl (C=O) groups is 1. The zero-order valence-corrected chi connectivity index (χ0v) is 18.8. The molecule has 154 valence electrons. The number of Topliss-reactive ketones (excluding diaryl/α,β-unsaturated/α-hetero) is 1. The number of aromatic nitrogens is 2. The number of hydrogen-bond acceptors (Lipinski definition) is 6. The van der Waals surface area contributed by atoms with E-state index in [0.717, 1.165) is 21.9 Å². The van der Waals surface area contributed by atoms with Crippen molar-refractivity contribution >= 4 is 52.6 Å². The predicted molar refractivity (Wildman–Crippen MR) is 123 cm³/mol. The molecule has 0 fully saturated rings. The highest BCUT2D eigenvalue weighted by Crippen LogP contribution is 2.37. The molecule has 0 aromatic carbocycles. The van der Waals surface area contributed by atoms with Gasteiger partial charge in [-0.05, 0) is 32.4 Å². The lowest BCUT2D eigenvalue weighted by molar-refractivity contribution is -0.113. The summed E-state index contributed by atoms with van der Waals surface area (Å²) in [5.41, 5.74) is 2.21. The van der Waals surface area contributed by atoms with Crippen molar-refractivity contribution in [1.82, 2.24) is 15.0 Å². The van der Waals surface area contributed by atoms with Crippen molar-refractivity contribution in [1.29, 1.82) is 5.41 Å². The molecule has 2 N–H and O–H groups in total. The Hall–Kier alpha value is -2.58. The van der Waals surface area contributed by atoms with Crippen LogP contribution in [0.3, 0.4) is 0 Å². The van der Waals surface area contributed by atoms with Gasteiger partial charge in [0.1, 0.15) is 17.9 Å². The summed E-state index contributed by atoms with van der Waals surface area (Å²) < 4.78 is 0. The van der Waals surface area contributed by atoms with Gasteiger partial charge >= 0.3 is 0 Å². The normalized spacial score (nSPS) is 12.3. The number of aromatic amines is 1. The molecule has 0 saturated carbocycles. The molecule has 0 aliphatic rings. The van der Waals surface area contributed by atoms with Crippen molar-refractivity contribution < 1.29 is 4.79 Å². The highest BCUT2D eigenvalue weighted by Gasteiger charge is 2.20. The third-order valence-electron chi connectivity index (χ3n) is 3.75. The maximum absolute atomic E-state index is 12.5. The maximum Gasteiger partial charge on any atom is 0.166 e. The third kappa shape index (κ3) is 6.20. The summed E-state index contributed by atoms with van der Waals surface area (Å²) in [7, 11) is 3.63. The molecule has 2 aromatic rings. The van der Waals surface area contributed by atoms with Crippen molar-refractivity contribution in [3.63, 3.8) is 0 Å². The Labute approximate surface area is 179 Å². The van der Waals surface area contributed by atoms with E-state index < -0.39 is 0 Å². The van der Waals surface area contributed by atoms with Gasteiger partial charge in [0.2, 0.25) is 0 Å². The Bertz CT molecular complexity index is 983. The second-order valence-electron chi connectivity index (χ2n) is 6.66. The lowest BCUT2D eigenvalue weighted by Gasteiger charge is -2.02. The van der Waals surface area contributed by atoms with Crippen LogP contribution in [0.2, 0.25) is 5.02 Å². The molecule has 0 spiro atoms. The molecule has 0 aliphatic heterocycles. The van der Waals surface area contributed by atoms with Crippen LogP contribution in [0.4, 0.5) is 0 Å². The molecule has 0 amide bonds. The number of thiophene rings is 1. The molecule has 0 unspecified atom stereocenters. The number of hydrazone groups is 1. The number of imidazole rings is 1. The fourth-order valence-electron chi connectivity index (χ4n) is 2.52. The van der Waals surface area contributed by atoms with Crippen LogP contribution in [0.1, 0.15) is 43.1 Å². The van der Waals surface area contributed by atoms with Crippen LogP contribution in [0.25, 0.3) is 16.1 Å². The van der Waals surface area contributed by atoms with E-state index in [1.165, 1.54) is 17.7 Å². The second kappa shape index (κ2) is 10.3. The Kier molecular flexibility index (Phi) is 8.04. The number of rotatable bonds is 9. The first kappa shape index (κ1) is 22.7. The minimum atomic E-state index is -0.0373. The smallest absolute Gasteiger partial charge is 0.166 e.